The fraction of sp³-hybridized carbons (Fsp3) is 0.444. The van der Waals surface area contributed by atoms with E-state index in [9.17, 15) is 8.78 Å². The van der Waals surface area contributed by atoms with E-state index in [1.54, 1.807) is 6.07 Å². The van der Waals surface area contributed by atoms with Crippen LogP contribution in [0.25, 0.3) is 11.3 Å². The predicted octanol–water partition coefficient (Wildman–Crippen LogP) is 5.37. The Bertz CT molecular complexity index is 1210. The van der Waals surface area contributed by atoms with E-state index < -0.39 is 11.6 Å². The zero-order chi connectivity index (χ0) is 25.2. The molecule has 0 amide bonds. The number of pyridine rings is 1. The molecular formula is C27H32F2N6O. The summed E-state index contributed by atoms with van der Waals surface area (Å²) in [5, 5.41) is 3.05. The average Bonchev–Trinajstić information content (AvgIpc) is 2.90. The van der Waals surface area contributed by atoms with Crippen molar-refractivity contribution in [3.63, 3.8) is 0 Å². The number of nitrogens with zero attached hydrogens (tertiary/aromatic N) is 5. The first-order valence-corrected chi connectivity index (χ1v) is 12.6. The number of ether oxygens (including phenoxy) is 1. The van der Waals surface area contributed by atoms with E-state index in [4.69, 9.17) is 4.74 Å². The maximum Gasteiger partial charge on any atom is 0.229 e. The molecule has 1 fully saturated rings. The number of anilines is 3. The Morgan fingerprint density at radius 3 is 2.56 bits per heavy atom. The fourth-order valence-corrected chi connectivity index (χ4v) is 5.02. The molecule has 3 aromatic rings. The van der Waals surface area contributed by atoms with Gasteiger partial charge in [0.1, 0.15) is 18.1 Å². The summed E-state index contributed by atoms with van der Waals surface area (Å²) in [6.45, 7) is 10.6. The molecule has 0 spiro atoms. The van der Waals surface area contributed by atoms with Crippen molar-refractivity contribution in [1.29, 1.82) is 0 Å². The number of rotatable bonds is 6. The first-order valence-electron chi connectivity index (χ1n) is 12.6. The molecule has 7 nitrogen and oxygen atoms in total. The normalized spacial score (nSPS) is 16.7. The Kier molecular flexibility index (Phi) is 7.00. The zero-order valence-electron chi connectivity index (χ0n) is 21.0. The second-order valence-corrected chi connectivity index (χ2v) is 9.64. The third kappa shape index (κ3) is 4.97. The Balaban J connectivity index is 1.36. The summed E-state index contributed by atoms with van der Waals surface area (Å²) < 4.78 is 35.3. The van der Waals surface area contributed by atoms with Gasteiger partial charge < -0.3 is 19.9 Å². The van der Waals surface area contributed by atoms with Crippen LogP contribution in [0.2, 0.25) is 0 Å². The number of nitrogens with one attached hydrogen (secondary N) is 1. The lowest BCUT2D eigenvalue weighted by Gasteiger charge is -2.34. The smallest absolute Gasteiger partial charge is 0.229 e. The molecule has 0 saturated carbocycles. The summed E-state index contributed by atoms with van der Waals surface area (Å²) in [5.74, 6) is 0.292. The number of likely N-dealkylation sites (tertiary alicyclic amines) is 1. The van der Waals surface area contributed by atoms with Gasteiger partial charge in [-0.2, -0.15) is 0 Å². The summed E-state index contributed by atoms with van der Waals surface area (Å²) in [4.78, 5) is 17.5. The molecule has 2 aliphatic rings. The van der Waals surface area contributed by atoms with Crippen LogP contribution in [0.1, 0.15) is 45.1 Å². The van der Waals surface area contributed by atoms with Crippen LogP contribution >= 0.6 is 0 Å². The zero-order valence-corrected chi connectivity index (χ0v) is 21.0. The third-order valence-corrected chi connectivity index (χ3v) is 7.09. The summed E-state index contributed by atoms with van der Waals surface area (Å²) in [6, 6.07) is 7.09. The number of benzene rings is 1. The van der Waals surface area contributed by atoms with Gasteiger partial charge in [-0.1, -0.05) is 13.0 Å². The Hall–Kier alpha value is -3.33. The number of aromatic nitrogens is 3. The standard InChI is InChI=1S/C27H32F2N6O/c1-4-34-9-7-18(8-10-34)19-5-6-24(30-15-19)32-27-31-16-22(29)25(33-27)20-13-21(28)26-23(14-20)35(17(2)3)11-12-36-26/h5-6,13-18H,4,7-12H2,1-3H3,(H,30,31,32,33). The molecule has 9 heteroatoms. The molecule has 0 bridgehead atoms. The van der Waals surface area contributed by atoms with Crippen LogP contribution < -0.4 is 15.0 Å². The highest BCUT2D eigenvalue weighted by atomic mass is 19.1. The topological polar surface area (TPSA) is 66.4 Å². The van der Waals surface area contributed by atoms with Gasteiger partial charge in [0.2, 0.25) is 5.95 Å². The van der Waals surface area contributed by atoms with Crippen LogP contribution in [-0.2, 0) is 0 Å². The number of hydrogen-bond acceptors (Lipinski definition) is 7. The largest absolute Gasteiger partial charge is 0.486 e. The molecule has 4 heterocycles. The van der Waals surface area contributed by atoms with Gasteiger partial charge in [0.15, 0.2) is 17.4 Å². The summed E-state index contributed by atoms with van der Waals surface area (Å²) >= 11 is 0. The minimum absolute atomic E-state index is 0.0165. The molecule has 36 heavy (non-hydrogen) atoms. The highest BCUT2D eigenvalue weighted by Crippen LogP contribution is 2.39. The fourth-order valence-electron chi connectivity index (χ4n) is 5.02. The van der Waals surface area contributed by atoms with Crippen LogP contribution in [0, 0.1) is 11.6 Å². The molecule has 1 aromatic carbocycles. The maximum absolute atomic E-state index is 14.9. The molecule has 1 saturated heterocycles. The maximum atomic E-state index is 14.9. The van der Waals surface area contributed by atoms with Gasteiger partial charge in [-0.25, -0.2) is 23.7 Å². The van der Waals surface area contributed by atoms with Crippen LogP contribution in [0.15, 0.2) is 36.7 Å². The van der Waals surface area contributed by atoms with E-state index in [-0.39, 0.29) is 23.4 Å². The minimum atomic E-state index is -0.630. The van der Waals surface area contributed by atoms with Gasteiger partial charge in [0.25, 0.3) is 0 Å². The van der Waals surface area contributed by atoms with E-state index in [0.29, 0.717) is 36.1 Å². The van der Waals surface area contributed by atoms with E-state index in [2.05, 4.69) is 38.2 Å². The lowest BCUT2D eigenvalue weighted by Crippen LogP contribution is -2.38. The van der Waals surface area contributed by atoms with E-state index >= 15 is 0 Å². The monoisotopic (exact) mass is 494 g/mol. The van der Waals surface area contributed by atoms with Crippen molar-refractivity contribution in [2.75, 3.05) is 43.0 Å². The Morgan fingerprint density at radius 1 is 1.06 bits per heavy atom. The second kappa shape index (κ2) is 10.3. The molecule has 190 valence electrons. The molecule has 2 aliphatic heterocycles. The summed E-state index contributed by atoms with van der Waals surface area (Å²) in [5.41, 5.74) is 2.16. The summed E-state index contributed by atoms with van der Waals surface area (Å²) in [7, 11) is 0. The molecule has 0 radical (unpaired) electrons. The summed E-state index contributed by atoms with van der Waals surface area (Å²) in [6.07, 6.45) is 5.24. The van der Waals surface area contributed by atoms with Crippen molar-refractivity contribution in [3.05, 3.63) is 53.9 Å². The highest BCUT2D eigenvalue weighted by Gasteiger charge is 2.26. The second-order valence-electron chi connectivity index (χ2n) is 9.64. The average molecular weight is 495 g/mol. The lowest BCUT2D eigenvalue weighted by molar-refractivity contribution is 0.222. The van der Waals surface area contributed by atoms with Crippen molar-refractivity contribution in [1.82, 2.24) is 19.9 Å². The molecule has 0 unspecified atom stereocenters. The lowest BCUT2D eigenvalue weighted by atomic mass is 9.90. The molecule has 1 N–H and O–H groups in total. The predicted molar refractivity (Wildman–Crippen MR) is 137 cm³/mol. The number of halogens is 2. The van der Waals surface area contributed by atoms with Gasteiger partial charge in [0.05, 0.1) is 18.4 Å². The van der Waals surface area contributed by atoms with Crippen LogP contribution in [0.4, 0.5) is 26.2 Å². The molecule has 0 aliphatic carbocycles. The molecular weight excluding hydrogens is 462 g/mol. The minimum Gasteiger partial charge on any atom is -0.486 e. The van der Waals surface area contributed by atoms with Crippen molar-refractivity contribution in [3.8, 4) is 17.0 Å². The quantitative estimate of drug-likeness (QED) is 0.494. The Labute approximate surface area is 210 Å². The first kappa shape index (κ1) is 24.4. The van der Waals surface area contributed by atoms with Crippen molar-refractivity contribution < 1.29 is 13.5 Å². The van der Waals surface area contributed by atoms with E-state index in [0.717, 1.165) is 38.7 Å². The van der Waals surface area contributed by atoms with Gasteiger partial charge in [-0.15, -0.1) is 0 Å². The van der Waals surface area contributed by atoms with Gasteiger partial charge >= 0.3 is 0 Å². The van der Waals surface area contributed by atoms with Crippen molar-refractivity contribution >= 4 is 17.5 Å². The molecule has 0 atom stereocenters. The van der Waals surface area contributed by atoms with Crippen LogP contribution in [0.3, 0.4) is 0 Å². The highest BCUT2D eigenvalue weighted by molar-refractivity contribution is 5.73. The van der Waals surface area contributed by atoms with Crippen LogP contribution in [-0.4, -0.2) is 58.7 Å². The third-order valence-electron chi connectivity index (χ3n) is 7.09. The number of hydrogen-bond donors (Lipinski definition) is 1. The number of piperidine rings is 1. The Morgan fingerprint density at radius 2 is 1.86 bits per heavy atom. The SMILES string of the molecule is CCN1CCC(c2ccc(Nc3ncc(F)c(-c4cc(F)c5c(c4)N(C(C)C)CCO5)n3)nc2)CC1. The van der Waals surface area contributed by atoms with Crippen molar-refractivity contribution in [2.45, 2.75) is 45.6 Å². The molecule has 5 rings (SSSR count). The van der Waals surface area contributed by atoms with E-state index in [1.807, 2.05) is 31.0 Å². The van der Waals surface area contributed by atoms with Gasteiger partial charge in [-0.05, 0) is 76.0 Å². The van der Waals surface area contributed by atoms with Gasteiger partial charge in [0, 0.05) is 17.8 Å². The van der Waals surface area contributed by atoms with E-state index in [1.165, 1.54) is 11.6 Å². The van der Waals surface area contributed by atoms with Crippen molar-refractivity contribution in [2.24, 2.45) is 0 Å². The number of fused-ring (bicyclic) bond motifs is 1. The molecule has 2 aromatic heterocycles. The van der Waals surface area contributed by atoms with Crippen LogP contribution in [0.5, 0.6) is 5.75 Å². The first-order chi connectivity index (χ1) is 17.4. The van der Waals surface area contributed by atoms with Gasteiger partial charge in [-0.3, -0.25) is 0 Å².